The van der Waals surface area contributed by atoms with Crippen molar-refractivity contribution in [1.29, 1.82) is 0 Å². The van der Waals surface area contributed by atoms with Gasteiger partial charge in [0.2, 0.25) is 0 Å². The van der Waals surface area contributed by atoms with E-state index in [0.717, 1.165) is 18.7 Å². The molecule has 0 aromatic carbocycles. The van der Waals surface area contributed by atoms with Crippen molar-refractivity contribution in [2.45, 2.75) is 25.8 Å². The van der Waals surface area contributed by atoms with Gasteiger partial charge in [-0.1, -0.05) is 6.92 Å². The minimum atomic E-state index is 0.495. The summed E-state index contributed by atoms with van der Waals surface area (Å²) < 4.78 is 0. The highest BCUT2D eigenvalue weighted by atomic mass is 15.3. The SMILES string of the molecule is CCC1CC(N)=NN1. The zero-order chi connectivity index (χ0) is 5.98. The van der Waals surface area contributed by atoms with Crippen molar-refractivity contribution >= 4 is 5.84 Å². The third-order valence-corrected chi connectivity index (χ3v) is 1.34. The first-order valence-corrected chi connectivity index (χ1v) is 2.90. The van der Waals surface area contributed by atoms with Crippen molar-refractivity contribution in [3.63, 3.8) is 0 Å². The van der Waals surface area contributed by atoms with Crippen molar-refractivity contribution in [3.8, 4) is 0 Å². The van der Waals surface area contributed by atoms with Gasteiger partial charge in [-0.25, -0.2) is 0 Å². The van der Waals surface area contributed by atoms with Gasteiger partial charge >= 0.3 is 0 Å². The Labute approximate surface area is 48.9 Å². The highest BCUT2D eigenvalue weighted by Crippen LogP contribution is 2.02. The summed E-state index contributed by atoms with van der Waals surface area (Å²) in [4.78, 5) is 0. The summed E-state index contributed by atoms with van der Waals surface area (Å²) in [6, 6.07) is 0.495. The van der Waals surface area contributed by atoms with E-state index in [2.05, 4.69) is 17.5 Å². The van der Waals surface area contributed by atoms with Crippen LogP contribution in [-0.4, -0.2) is 11.9 Å². The second kappa shape index (κ2) is 2.03. The Morgan fingerprint density at radius 1 is 2.00 bits per heavy atom. The number of hydrazone groups is 1. The molecule has 0 spiro atoms. The van der Waals surface area contributed by atoms with E-state index in [9.17, 15) is 0 Å². The number of rotatable bonds is 1. The molecule has 0 saturated carbocycles. The Kier molecular flexibility index (Phi) is 1.37. The molecular formula is C5H11N3. The molecule has 0 bridgehead atoms. The Balaban J connectivity index is 2.32. The van der Waals surface area contributed by atoms with Gasteiger partial charge in [0, 0.05) is 6.42 Å². The van der Waals surface area contributed by atoms with E-state index in [1.54, 1.807) is 0 Å². The van der Waals surface area contributed by atoms with E-state index >= 15 is 0 Å². The maximum Gasteiger partial charge on any atom is 0.121 e. The Hall–Kier alpha value is -0.730. The van der Waals surface area contributed by atoms with Crippen LogP contribution in [0.25, 0.3) is 0 Å². The van der Waals surface area contributed by atoms with Crippen molar-refractivity contribution in [1.82, 2.24) is 5.43 Å². The first-order valence-electron chi connectivity index (χ1n) is 2.90. The van der Waals surface area contributed by atoms with Crippen LogP contribution in [0.15, 0.2) is 5.10 Å². The van der Waals surface area contributed by atoms with E-state index in [1.807, 2.05) is 0 Å². The lowest BCUT2D eigenvalue weighted by atomic mass is 10.2. The molecule has 0 aromatic rings. The zero-order valence-corrected chi connectivity index (χ0v) is 5.02. The lowest BCUT2D eigenvalue weighted by molar-refractivity contribution is 0.567. The van der Waals surface area contributed by atoms with E-state index in [-0.39, 0.29) is 0 Å². The molecule has 1 aliphatic heterocycles. The quantitative estimate of drug-likeness (QED) is 0.504. The van der Waals surface area contributed by atoms with Crippen molar-refractivity contribution in [2.75, 3.05) is 0 Å². The van der Waals surface area contributed by atoms with Gasteiger partial charge in [0.1, 0.15) is 5.84 Å². The van der Waals surface area contributed by atoms with Gasteiger partial charge in [-0.3, -0.25) is 0 Å². The van der Waals surface area contributed by atoms with Crippen LogP contribution in [0, 0.1) is 0 Å². The number of nitrogens with zero attached hydrogens (tertiary/aromatic N) is 1. The molecule has 8 heavy (non-hydrogen) atoms. The number of amidine groups is 1. The average molecular weight is 113 g/mol. The highest BCUT2D eigenvalue weighted by molar-refractivity contribution is 5.81. The van der Waals surface area contributed by atoms with Gasteiger partial charge in [-0.05, 0) is 6.42 Å². The minimum absolute atomic E-state index is 0.495. The molecule has 0 aliphatic carbocycles. The molecule has 0 radical (unpaired) electrons. The Bertz CT molecular complexity index is 108. The molecule has 0 aromatic heterocycles. The van der Waals surface area contributed by atoms with Crippen LogP contribution in [0.3, 0.4) is 0 Å². The largest absolute Gasteiger partial charge is 0.386 e. The van der Waals surface area contributed by atoms with Crippen molar-refractivity contribution in [3.05, 3.63) is 0 Å². The molecule has 3 nitrogen and oxygen atoms in total. The van der Waals surface area contributed by atoms with Crippen LogP contribution < -0.4 is 11.2 Å². The summed E-state index contributed by atoms with van der Waals surface area (Å²) in [6.45, 7) is 2.12. The van der Waals surface area contributed by atoms with Gasteiger partial charge in [0.05, 0.1) is 6.04 Å². The van der Waals surface area contributed by atoms with Gasteiger partial charge in [-0.15, -0.1) is 0 Å². The topological polar surface area (TPSA) is 50.4 Å². The van der Waals surface area contributed by atoms with E-state index in [1.165, 1.54) is 0 Å². The maximum atomic E-state index is 5.39. The summed E-state index contributed by atoms with van der Waals surface area (Å²) in [6.07, 6.45) is 2.01. The van der Waals surface area contributed by atoms with Crippen molar-refractivity contribution in [2.24, 2.45) is 10.8 Å². The molecule has 1 rings (SSSR count). The summed E-state index contributed by atoms with van der Waals surface area (Å²) in [5.74, 6) is 0.733. The monoisotopic (exact) mass is 113 g/mol. The lowest BCUT2D eigenvalue weighted by Crippen LogP contribution is -2.18. The smallest absolute Gasteiger partial charge is 0.121 e. The Morgan fingerprint density at radius 3 is 3.00 bits per heavy atom. The molecule has 0 amide bonds. The molecule has 1 aliphatic rings. The van der Waals surface area contributed by atoms with E-state index < -0.39 is 0 Å². The Morgan fingerprint density at radius 2 is 2.75 bits per heavy atom. The van der Waals surface area contributed by atoms with Crippen LogP contribution >= 0.6 is 0 Å². The van der Waals surface area contributed by atoms with Gasteiger partial charge in [-0.2, -0.15) is 5.10 Å². The third kappa shape index (κ3) is 0.911. The molecule has 1 heterocycles. The molecule has 1 atom stereocenters. The normalized spacial score (nSPS) is 27.1. The standard InChI is InChI=1S/C5H11N3/c1-2-4-3-5(6)8-7-4/h4,7H,2-3H2,1H3,(H2,6,8). The van der Waals surface area contributed by atoms with Gasteiger partial charge in [0.15, 0.2) is 0 Å². The van der Waals surface area contributed by atoms with Crippen LogP contribution in [0.4, 0.5) is 0 Å². The fourth-order valence-electron chi connectivity index (χ4n) is 0.754. The number of hydrogen-bond acceptors (Lipinski definition) is 3. The highest BCUT2D eigenvalue weighted by Gasteiger charge is 2.12. The first kappa shape index (κ1) is 5.41. The van der Waals surface area contributed by atoms with Crippen LogP contribution in [0.1, 0.15) is 19.8 Å². The third-order valence-electron chi connectivity index (χ3n) is 1.34. The van der Waals surface area contributed by atoms with Crippen LogP contribution in [0.5, 0.6) is 0 Å². The zero-order valence-electron chi connectivity index (χ0n) is 5.02. The molecule has 0 fully saturated rings. The fourth-order valence-corrected chi connectivity index (χ4v) is 0.754. The summed E-state index contributed by atoms with van der Waals surface area (Å²) >= 11 is 0. The molecule has 46 valence electrons. The summed E-state index contributed by atoms with van der Waals surface area (Å²) in [7, 11) is 0. The fraction of sp³-hybridized carbons (Fsp3) is 0.800. The number of nitrogens with one attached hydrogen (secondary N) is 1. The predicted octanol–water partition coefficient (Wildman–Crippen LogP) is 0.0305. The average Bonchev–Trinajstić information content (AvgIpc) is 2.14. The summed E-state index contributed by atoms with van der Waals surface area (Å²) in [5, 5.41) is 3.83. The minimum Gasteiger partial charge on any atom is -0.386 e. The van der Waals surface area contributed by atoms with E-state index in [0.29, 0.717) is 6.04 Å². The maximum absolute atomic E-state index is 5.39. The molecule has 1 unspecified atom stereocenters. The molecule has 3 heteroatoms. The van der Waals surface area contributed by atoms with E-state index in [4.69, 9.17) is 5.73 Å². The summed E-state index contributed by atoms with van der Waals surface area (Å²) in [5.41, 5.74) is 8.31. The van der Waals surface area contributed by atoms with Crippen LogP contribution in [0.2, 0.25) is 0 Å². The molecule has 0 saturated heterocycles. The number of nitrogens with two attached hydrogens (primary N) is 1. The second-order valence-electron chi connectivity index (χ2n) is 2.04. The first-order chi connectivity index (χ1) is 3.83. The van der Waals surface area contributed by atoms with Crippen molar-refractivity contribution < 1.29 is 0 Å². The second-order valence-corrected chi connectivity index (χ2v) is 2.04. The molecular weight excluding hydrogens is 102 g/mol. The van der Waals surface area contributed by atoms with Gasteiger partial charge < -0.3 is 11.2 Å². The lowest BCUT2D eigenvalue weighted by Gasteiger charge is -2.01. The molecule has 3 N–H and O–H groups in total. The van der Waals surface area contributed by atoms with Gasteiger partial charge in [0.25, 0.3) is 0 Å². The van der Waals surface area contributed by atoms with Crippen LogP contribution in [-0.2, 0) is 0 Å². The predicted molar refractivity (Wildman–Crippen MR) is 33.5 cm³/mol. The number of hydrogen-bond donors (Lipinski definition) is 2.